The Balaban J connectivity index is 1.91. The summed E-state index contributed by atoms with van der Waals surface area (Å²) >= 11 is 1.75. The van der Waals surface area contributed by atoms with Crippen LogP contribution < -0.4 is 5.32 Å². The van der Waals surface area contributed by atoms with Gasteiger partial charge in [0.2, 0.25) is 0 Å². The molecule has 0 aliphatic carbocycles. The number of aromatic nitrogens is 3. The van der Waals surface area contributed by atoms with E-state index in [0.717, 1.165) is 34.8 Å². The van der Waals surface area contributed by atoms with Gasteiger partial charge >= 0.3 is 0 Å². The van der Waals surface area contributed by atoms with E-state index in [1.807, 2.05) is 60.8 Å². The molecule has 1 aromatic carbocycles. The molecule has 0 bridgehead atoms. The highest BCUT2D eigenvalue weighted by atomic mass is 32.2. The van der Waals surface area contributed by atoms with Crippen molar-refractivity contribution < 1.29 is 4.79 Å². The molecule has 0 aliphatic heterocycles. The van der Waals surface area contributed by atoms with Crippen molar-refractivity contribution in [3.8, 4) is 0 Å². The third-order valence-electron chi connectivity index (χ3n) is 4.21. The van der Waals surface area contributed by atoms with Crippen LogP contribution in [0.25, 0.3) is 5.65 Å². The van der Waals surface area contributed by atoms with Crippen LogP contribution in [-0.4, -0.2) is 32.5 Å². The van der Waals surface area contributed by atoms with Crippen LogP contribution >= 0.6 is 11.8 Å². The van der Waals surface area contributed by atoms with Gasteiger partial charge in [-0.25, -0.2) is 0 Å². The van der Waals surface area contributed by atoms with Crippen molar-refractivity contribution in [2.45, 2.75) is 26.3 Å². The van der Waals surface area contributed by atoms with Crippen molar-refractivity contribution in [1.82, 2.24) is 19.9 Å². The summed E-state index contributed by atoms with van der Waals surface area (Å²) in [4.78, 5) is 12.8. The second kappa shape index (κ2) is 7.70. The Labute approximate surface area is 151 Å². The van der Waals surface area contributed by atoms with Crippen LogP contribution in [0.3, 0.4) is 0 Å². The van der Waals surface area contributed by atoms with Gasteiger partial charge in [-0.05, 0) is 56.0 Å². The second-order valence-corrected chi connectivity index (χ2v) is 7.10. The van der Waals surface area contributed by atoms with Gasteiger partial charge in [-0.15, -0.1) is 10.2 Å². The minimum absolute atomic E-state index is 0.0695. The number of amides is 1. The largest absolute Gasteiger partial charge is 0.342 e. The molecule has 0 spiro atoms. The van der Waals surface area contributed by atoms with E-state index in [1.165, 1.54) is 0 Å². The summed E-state index contributed by atoms with van der Waals surface area (Å²) in [7, 11) is 0. The summed E-state index contributed by atoms with van der Waals surface area (Å²) in [5, 5.41) is 11.7. The van der Waals surface area contributed by atoms with E-state index < -0.39 is 0 Å². The minimum Gasteiger partial charge on any atom is -0.342 e. The molecule has 1 atom stereocenters. The molecule has 0 radical (unpaired) electrons. The molecule has 3 aromatic rings. The average Bonchev–Trinajstić information content (AvgIpc) is 3.04. The van der Waals surface area contributed by atoms with Crippen LogP contribution in [0.5, 0.6) is 0 Å². The van der Waals surface area contributed by atoms with Crippen molar-refractivity contribution in [2.75, 3.05) is 12.0 Å². The number of benzene rings is 1. The van der Waals surface area contributed by atoms with E-state index in [-0.39, 0.29) is 11.9 Å². The number of carbonyl (C=O) groups excluding carboxylic acids is 1. The third kappa shape index (κ3) is 3.85. The molecular formula is C19H22N4OS. The lowest BCUT2D eigenvalue weighted by atomic mass is 10.0. The molecule has 1 amide bonds. The van der Waals surface area contributed by atoms with Crippen molar-refractivity contribution in [2.24, 2.45) is 0 Å². The summed E-state index contributed by atoms with van der Waals surface area (Å²) in [6.07, 6.45) is 4.79. The standard InChI is InChI=1S/C19H22N4OS/c1-13-7-8-14(2)15(12-13)19(24)20-16(9-11-25-3)18-22-21-17-6-4-5-10-23(17)18/h4-8,10,12,16H,9,11H2,1-3H3,(H,20,24). The van der Waals surface area contributed by atoms with E-state index in [1.54, 1.807) is 11.8 Å². The van der Waals surface area contributed by atoms with Crippen molar-refractivity contribution in [1.29, 1.82) is 0 Å². The van der Waals surface area contributed by atoms with Crippen LogP contribution in [0.2, 0.25) is 0 Å². The van der Waals surface area contributed by atoms with Gasteiger partial charge in [-0.3, -0.25) is 9.20 Å². The molecule has 2 aromatic heterocycles. The second-order valence-electron chi connectivity index (χ2n) is 6.11. The van der Waals surface area contributed by atoms with Gasteiger partial charge in [0.05, 0.1) is 6.04 Å². The van der Waals surface area contributed by atoms with Crippen LogP contribution in [0.4, 0.5) is 0 Å². The van der Waals surface area contributed by atoms with Gasteiger partial charge in [-0.2, -0.15) is 11.8 Å². The first-order valence-corrected chi connectivity index (χ1v) is 9.66. The van der Waals surface area contributed by atoms with E-state index >= 15 is 0 Å². The first kappa shape index (κ1) is 17.5. The predicted octanol–water partition coefficient (Wildman–Crippen LogP) is 3.57. The van der Waals surface area contributed by atoms with Crippen LogP contribution in [0, 0.1) is 13.8 Å². The van der Waals surface area contributed by atoms with Crippen LogP contribution in [-0.2, 0) is 0 Å². The number of hydrogen-bond donors (Lipinski definition) is 1. The van der Waals surface area contributed by atoms with Gasteiger partial charge < -0.3 is 5.32 Å². The van der Waals surface area contributed by atoms with E-state index in [0.29, 0.717) is 5.56 Å². The highest BCUT2D eigenvalue weighted by Gasteiger charge is 2.21. The highest BCUT2D eigenvalue weighted by molar-refractivity contribution is 7.98. The Bertz CT molecular complexity index is 890. The number of nitrogens with zero attached hydrogens (tertiary/aromatic N) is 3. The number of thioether (sulfide) groups is 1. The smallest absolute Gasteiger partial charge is 0.252 e. The summed E-state index contributed by atoms with van der Waals surface area (Å²) in [6, 6.07) is 11.5. The van der Waals surface area contributed by atoms with E-state index in [2.05, 4.69) is 21.8 Å². The molecule has 0 saturated heterocycles. The number of hydrogen-bond acceptors (Lipinski definition) is 4. The van der Waals surface area contributed by atoms with E-state index in [4.69, 9.17) is 0 Å². The third-order valence-corrected chi connectivity index (χ3v) is 4.85. The lowest BCUT2D eigenvalue weighted by molar-refractivity contribution is 0.0933. The highest BCUT2D eigenvalue weighted by Crippen LogP contribution is 2.20. The summed E-state index contributed by atoms with van der Waals surface area (Å²) in [6.45, 7) is 3.95. The maximum atomic E-state index is 12.8. The number of fused-ring (bicyclic) bond motifs is 1. The lowest BCUT2D eigenvalue weighted by Crippen LogP contribution is -2.31. The molecule has 1 unspecified atom stereocenters. The molecule has 1 N–H and O–H groups in total. The predicted molar refractivity (Wildman–Crippen MR) is 102 cm³/mol. The minimum atomic E-state index is -0.183. The van der Waals surface area contributed by atoms with Gasteiger partial charge in [0.1, 0.15) is 0 Å². The van der Waals surface area contributed by atoms with Crippen molar-refractivity contribution in [3.05, 3.63) is 65.1 Å². The molecular weight excluding hydrogens is 332 g/mol. The molecule has 0 aliphatic rings. The molecule has 25 heavy (non-hydrogen) atoms. The van der Waals surface area contributed by atoms with Gasteiger partial charge in [0.15, 0.2) is 11.5 Å². The zero-order valence-electron chi connectivity index (χ0n) is 14.7. The maximum Gasteiger partial charge on any atom is 0.252 e. The summed E-state index contributed by atoms with van der Waals surface area (Å²) in [5.41, 5.74) is 3.54. The van der Waals surface area contributed by atoms with Gasteiger partial charge in [-0.1, -0.05) is 23.8 Å². The molecule has 6 heteroatoms. The molecule has 5 nitrogen and oxygen atoms in total. The SMILES string of the molecule is CSCCC(NC(=O)c1cc(C)ccc1C)c1nnc2ccccn12. The molecule has 0 saturated carbocycles. The zero-order chi connectivity index (χ0) is 17.8. The quantitative estimate of drug-likeness (QED) is 0.735. The Kier molecular flexibility index (Phi) is 5.38. The topological polar surface area (TPSA) is 59.3 Å². The fraction of sp³-hybridized carbons (Fsp3) is 0.316. The molecule has 0 fully saturated rings. The first-order valence-electron chi connectivity index (χ1n) is 8.27. The van der Waals surface area contributed by atoms with Crippen molar-refractivity contribution in [3.63, 3.8) is 0 Å². The summed E-state index contributed by atoms with van der Waals surface area (Å²) < 4.78 is 1.94. The molecule has 130 valence electrons. The molecule has 3 rings (SSSR count). The maximum absolute atomic E-state index is 12.8. The average molecular weight is 354 g/mol. The zero-order valence-corrected chi connectivity index (χ0v) is 15.5. The van der Waals surface area contributed by atoms with Crippen LogP contribution in [0.15, 0.2) is 42.6 Å². The van der Waals surface area contributed by atoms with Crippen molar-refractivity contribution >= 4 is 23.3 Å². The Morgan fingerprint density at radius 2 is 2.08 bits per heavy atom. The number of pyridine rings is 1. The number of aryl methyl sites for hydroxylation is 2. The first-order chi connectivity index (χ1) is 12.1. The fourth-order valence-electron chi connectivity index (χ4n) is 2.82. The van der Waals surface area contributed by atoms with Gasteiger partial charge in [0, 0.05) is 11.8 Å². The van der Waals surface area contributed by atoms with Crippen LogP contribution in [0.1, 0.15) is 39.8 Å². The number of rotatable bonds is 6. The Morgan fingerprint density at radius 1 is 1.24 bits per heavy atom. The Morgan fingerprint density at radius 3 is 2.88 bits per heavy atom. The number of carbonyl (C=O) groups is 1. The monoisotopic (exact) mass is 354 g/mol. The number of nitrogens with one attached hydrogen (secondary N) is 1. The fourth-order valence-corrected chi connectivity index (χ4v) is 3.29. The van der Waals surface area contributed by atoms with E-state index in [9.17, 15) is 4.79 Å². The normalized spacial score (nSPS) is 12.3. The molecule has 2 heterocycles. The Hall–Kier alpha value is -2.34. The summed E-state index contributed by atoms with van der Waals surface area (Å²) in [5.74, 6) is 1.63. The van der Waals surface area contributed by atoms with Gasteiger partial charge in [0.25, 0.3) is 5.91 Å². The lowest BCUT2D eigenvalue weighted by Gasteiger charge is -2.18.